The summed E-state index contributed by atoms with van der Waals surface area (Å²) in [5.74, 6) is -0.450. The van der Waals surface area contributed by atoms with Gasteiger partial charge in [0.1, 0.15) is 12.6 Å². The van der Waals surface area contributed by atoms with Gasteiger partial charge in [-0.25, -0.2) is 0 Å². The molecule has 0 aromatic carbocycles. The number of primary amides is 1. The van der Waals surface area contributed by atoms with Crippen molar-refractivity contribution in [3.8, 4) is 0 Å². The van der Waals surface area contributed by atoms with Crippen molar-refractivity contribution in [2.24, 2.45) is 5.73 Å². The lowest BCUT2D eigenvalue weighted by atomic mass is 10.1. The van der Waals surface area contributed by atoms with Gasteiger partial charge in [-0.3, -0.25) is 9.59 Å². The van der Waals surface area contributed by atoms with Crippen LogP contribution in [0.25, 0.3) is 0 Å². The number of carbonyl (C=O) groups excluding carboxylic acids is 2. The van der Waals surface area contributed by atoms with Crippen molar-refractivity contribution in [2.75, 3.05) is 26.7 Å². The number of amides is 2. The molecular formula is C11H16N4O4. The summed E-state index contributed by atoms with van der Waals surface area (Å²) in [5.41, 5.74) is 5.44. The molecule has 1 aromatic rings. The van der Waals surface area contributed by atoms with Crippen LogP contribution in [0.3, 0.4) is 0 Å². The molecule has 8 nitrogen and oxygen atoms in total. The molecule has 1 aromatic heterocycles. The summed E-state index contributed by atoms with van der Waals surface area (Å²) >= 11 is 0. The van der Waals surface area contributed by atoms with Crippen molar-refractivity contribution in [3.05, 3.63) is 17.5 Å². The van der Waals surface area contributed by atoms with Gasteiger partial charge in [-0.1, -0.05) is 5.16 Å². The first-order chi connectivity index (χ1) is 9.13. The second-order valence-corrected chi connectivity index (χ2v) is 4.23. The quantitative estimate of drug-likeness (QED) is 0.703. The van der Waals surface area contributed by atoms with E-state index in [-0.39, 0.29) is 18.2 Å². The molecule has 0 aliphatic carbocycles. The molecule has 1 aliphatic heterocycles. The van der Waals surface area contributed by atoms with Gasteiger partial charge in [0.2, 0.25) is 5.91 Å². The molecule has 1 atom stereocenters. The molecule has 1 unspecified atom stereocenters. The maximum Gasteiger partial charge on any atom is 0.276 e. The second-order valence-electron chi connectivity index (χ2n) is 4.23. The van der Waals surface area contributed by atoms with Crippen molar-refractivity contribution in [1.29, 1.82) is 0 Å². The van der Waals surface area contributed by atoms with Gasteiger partial charge in [0, 0.05) is 32.8 Å². The monoisotopic (exact) mass is 268 g/mol. The first-order valence-electron chi connectivity index (χ1n) is 5.89. The van der Waals surface area contributed by atoms with E-state index in [1.165, 1.54) is 18.1 Å². The molecule has 8 heteroatoms. The summed E-state index contributed by atoms with van der Waals surface area (Å²) in [7, 11) is 1.52. The van der Waals surface area contributed by atoms with Crippen LogP contribution < -0.4 is 11.1 Å². The van der Waals surface area contributed by atoms with Crippen LogP contribution in [0.5, 0.6) is 0 Å². The molecule has 104 valence electrons. The van der Waals surface area contributed by atoms with Gasteiger partial charge >= 0.3 is 0 Å². The van der Waals surface area contributed by atoms with Gasteiger partial charge in [-0.15, -0.1) is 0 Å². The Hall–Kier alpha value is -1.93. The number of nitrogens with zero attached hydrogens (tertiary/aromatic N) is 2. The Morgan fingerprint density at radius 3 is 3.16 bits per heavy atom. The SMILES string of the molecule is COCc1cc(C(=O)N2CCNCC2C(N)=O)no1. The number of nitrogens with one attached hydrogen (secondary N) is 1. The maximum absolute atomic E-state index is 12.3. The van der Waals surface area contributed by atoms with E-state index in [0.717, 1.165) is 0 Å². The van der Waals surface area contributed by atoms with Gasteiger partial charge in [0.15, 0.2) is 11.5 Å². The lowest BCUT2D eigenvalue weighted by Crippen LogP contribution is -2.58. The van der Waals surface area contributed by atoms with Crippen LogP contribution in [0.15, 0.2) is 10.6 Å². The van der Waals surface area contributed by atoms with E-state index < -0.39 is 11.9 Å². The fourth-order valence-electron chi connectivity index (χ4n) is 1.97. The van der Waals surface area contributed by atoms with Gasteiger partial charge < -0.3 is 25.2 Å². The van der Waals surface area contributed by atoms with Crippen LogP contribution in [-0.4, -0.2) is 54.7 Å². The van der Waals surface area contributed by atoms with E-state index in [1.54, 1.807) is 0 Å². The van der Waals surface area contributed by atoms with Crippen LogP contribution in [0.1, 0.15) is 16.2 Å². The molecule has 1 saturated heterocycles. The molecule has 3 N–H and O–H groups in total. The van der Waals surface area contributed by atoms with E-state index in [9.17, 15) is 9.59 Å². The Kier molecular flexibility index (Phi) is 4.13. The molecule has 0 radical (unpaired) electrons. The zero-order valence-electron chi connectivity index (χ0n) is 10.6. The smallest absolute Gasteiger partial charge is 0.276 e. The number of hydrogen-bond donors (Lipinski definition) is 2. The number of hydrogen-bond acceptors (Lipinski definition) is 6. The molecule has 1 aliphatic rings. The molecule has 2 heterocycles. The largest absolute Gasteiger partial charge is 0.377 e. The molecule has 1 fully saturated rings. The van der Waals surface area contributed by atoms with Crippen LogP contribution >= 0.6 is 0 Å². The van der Waals surface area contributed by atoms with Gasteiger partial charge in [0.05, 0.1) is 0 Å². The zero-order valence-corrected chi connectivity index (χ0v) is 10.6. The highest BCUT2D eigenvalue weighted by atomic mass is 16.5. The summed E-state index contributed by atoms with van der Waals surface area (Å²) in [4.78, 5) is 25.0. The molecule has 0 saturated carbocycles. The minimum Gasteiger partial charge on any atom is -0.377 e. The zero-order chi connectivity index (χ0) is 13.8. The predicted molar refractivity (Wildman–Crippen MR) is 64.1 cm³/mol. The number of carbonyl (C=O) groups is 2. The highest BCUT2D eigenvalue weighted by Crippen LogP contribution is 2.12. The maximum atomic E-state index is 12.3. The third kappa shape index (κ3) is 2.91. The number of piperazine rings is 1. The Labute approximate surface area is 109 Å². The molecular weight excluding hydrogens is 252 g/mol. The number of ether oxygens (including phenoxy) is 1. The van der Waals surface area contributed by atoms with E-state index >= 15 is 0 Å². The number of aromatic nitrogens is 1. The second kappa shape index (κ2) is 5.81. The lowest BCUT2D eigenvalue weighted by molar-refractivity contribution is -0.122. The fraction of sp³-hybridized carbons (Fsp3) is 0.545. The van der Waals surface area contributed by atoms with Crippen molar-refractivity contribution < 1.29 is 18.8 Å². The Bertz CT molecular complexity index is 473. The molecule has 0 spiro atoms. The van der Waals surface area contributed by atoms with Crippen LogP contribution in [0.4, 0.5) is 0 Å². The van der Waals surface area contributed by atoms with Crippen LogP contribution in [0.2, 0.25) is 0 Å². The standard InChI is InChI=1S/C11H16N4O4/c1-18-6-7-4-8(14-19-7)11(17)15-3-2-13-5-9(15)10(12)16/h4,9,13H,2-3,5-6H2,1H3,(H2,12,16). The Morgan fingerprint density at radius 1 is 1.68 bits per heavy atom. The first kappa shape index (κ1) is 13.5. The van der Waals surface area contributed by atoms with E-state index in [4.69, 9.17) is 15.0 Å². The summed E-state index contributed by atoms with van der Waals surface area (Å²) in [6, 6.07) is 0.843. The van der Waals surface area contributed by atoms with E-state index in [2.05, 4.69) is 10.5 Å². The Balaban J connectivity index is 2.14. The topological polar surface area (TPSA) is 111 Å². The third-order valence-corrected chi connectivity index (χ3v) is 2.90. The summed E-state index contributed by atoms with van der Waals surface area (Å²) < 4.78 is 9.84. The van der Waals surface area contributed by atoms with Crippen LogP contribution in [0, 0.1) is 0 Å². The minimum absolute atomic E-state index is 0.153. The van der Waals surface area contributed by atoms with Crippen molar-refractivity contribution in [2.45, 2.75) is 12.6 Å². The Morgan fingerprint density at radius 2 is 2.47 bits per heavy atom. The lowest BCUT2D eigenvalue weighted by Gasteiger charge is -2.33. The average Bonchev–Trinajstić information content (AvgIpc) is 2.87. The minimum atomic E-state index is -0.663. The van der Waals surface area contributed by atoms with Crippen molar-refractivity contribution in [3.63, 3.8) is 0 Å². The first-order valence-corrected chi connectivity index (χ1v) is 5.89. The average molecular weight is 268 g/mol. The number of nitrogens with two attached hydrogens (primary N) is 1. The van der Waals surface area contributed by atoms with Gasteiger partial charge in [-0.2, -0.15) is 0 Å². The third-order valence-electron chi connectivity index (χ3n) is 2.90. The van der Waals surface area contributed by atoms with Crippen molar-refractivity contribution >= 4 is 11.8 Å². The van der Waals surface area contributed by atoms with Gasteiger partial charge in [-0.05, 0) is 0 Å². The normalized spacial score (nSPS) is 19.4. The van der Waals surface area contributed by atoms with E-state index in [1.807, 2.05) is 0 Å². The van der Waals surface area contributed by atoms with Crippen LogP contribution in [-0.2, 0) is 16.1 Å². The molecule has 2 rings (SSSR count). The molecule has 19 heavy (non-hydrogen) atoms. The van der Waals surface area contributed by atoms with Gasteiger partial charge in [0.25, 0.3) is 5.91 Å². The van der Waals surface area contributed by atoms with E-state index in [0.29, 0.717) is 25.4 Å². The summed E-state index contributed by atoms with van der Waals surface area (Å²) in [6.07, 6.45) is 0. The van der Waals surface area contributed by atoms with Crippen molar-refractivity contribution in [1.82, 2.24) is 15.4 Å². The summed E-state index contributed by atoms with van der Waals surface area (Å²) in [5, 5.41) is 6.70. The highest BCUT2D eigenvalue weighted by Gasteiger charge is 2.32. The molecule has 0 bridgehead atoms. The fourth-order valence-corrected chi connectivity index (χ4v) is 1.97. The molecule has 2 amide bonds. The highest BCUT2D eigenvalue weighted by molar-refractivity contribution is 5.96. The number of methoxy groups -OCH3 is 1. The predicted octanol–water partition coefficient (Wildman–Crippen LogP) is -1.28. The number of rotatable bonds is 4. The summed E-state index contributed by atoms with van der Waals surface area (Å²) in [6.45, 7) is 1.60.